The van der Waals surface area contributed by atoms with Gasteiger partial charge in [-0.05, 0) is 32.9 Å². The molecule has 0 spiro atoms. The van der Waals surface area contributed by atoms with Crippen LogP contribution in [0.3, 0.4) is 0 Å². The van der Waals surface area contributed by atoms with Crippen LogP contribution < -0.4 is 5.32 Å². The summed E-state index contributed by atoms with van der Waals surface area (Å²) in [5, 5.41) is 10.9. The fourth-order valence-corrected chi connectivity index (χ4v) is 1.83. The van der Waals surface area contributed by atoms with E-state index in [9.17, 15) is 9.59 Å². The van der Waals surface area contributed by atoms with E-state index >= 15 is 0 Å². The molecule has 0 fully saturated rings. The second-order valence-corrected chi connectivity index (χ2v) is 5.12. The Morgan fingerprint density at radius 1 is 1.29 bits per heavy atom. The van der Waals surface area contributed by atoms with E-state index in [4.69, 9.17) is 5.11 Å². The quantitative estimate of drug-likeness (QED) is 0.800. The van der Waals surface area contributed by atoms with Gasteiger partial charge in [-0.2, -0.15) is 0 Å². The first-order chi connectivity index (χ1) is 9.38. The zero-order chi connectivity index (χ0) is 15.1. The smallest absolute Gasteiger partial charge is 0.322 e. The van der Waals surface area contributed by atoms with E-state index in [0.29, 0.717) is 0 Å². The third-order valence-corrected chi connectivity index (χ3v) is 3.23. The van der Waals surface area contributed by atoms with Crippen molar-refractivity contribution < 1.29 is 14.7 Å². The molecule has 0 aliphatic heterocycles. The Morgan fingerprint density at radius 3 is 2.38 bits per heavy atom. The summed E-state index contributed by atoms with van der Waals surface area (Å²) in [4.78, 5) is 23.8. The molecule has 1 aromatic rings. The minimum atomic E-state index is -1.03. The summed E-state index contributed by atoms with van der Waals surface area (Å²) in [7, 11) is 1.86. The Hall–Kier alpha value is -1.59. The van der Waals surface area contributed by atoms with E-state index in [1.165, 1.54) is 11.1 Å². The van der Waals surface area contributed by atoms with E-state index in [1.54, 1.807) is 0 Å². The van der Waals surface area contributed by atoms with Gasteiger partial charge >= 0.3 is 5.97 Å². The van der Waals surface area contributed by atoms with Gasteiger partial charge in [0.05, 0.1) is 6.54 Å². The number of halogens is 1. The zero-order valence-corrected chi connectivity index (χ0v) is 13.4. The number of nitrogens with one attached hydrogen (secondary N) is 1. The van der Waals surface area contributed by atoms with Crippen LogP contribution in [0.2, 0.25) is 0 Å². The van der Waals surface area contributed by atoms with Crippen molar-refractivity contribution in [3.05, 3.63) is 35.4 Å². The first kappa shape index (κ1) is 19.4. The van der Waals surface area contributed by atoms with Crippen molar-refractivity contribution in [2.45, 2.75) is 26.3 Å². The molecular weight excluding hydrogens is 292 g/mol. The predicted molar refractivity (Wildman–Crippen MR) is 84.9 cm³/mol. The van der Waals surface area contributed by atoms with Crippen molar-refractivity contribution in [1.29, 1.82) is 0 Å². The maximum atomic E-state index is 11.5. The summed E-state index contributed by atoms with van der Waals surface area (Å²) in [6.07, 6.45) is 0.850. The van der Waals surface area contributed by atoms with Gasteiger partial charge in [0.2, 0.25) is 5.91 Å². The summed E-state index contributed by atoms with van der Waals surface area (Å²) >= 11 is 0. The topological polar surface area (TPSA) is 69.6 Å². The van der Waals surface area contributed by atoms with E-state index in [-0.39, 0.29) is 37.4 Å². The summed E-state index contributed by atoms with van der Waals surface area (Å²) in [6, 6.07) is 8.52. The van der Waals surface area contributed by atoms with Gasteiger partial charge in [0, 0.05) is 6.04 Å². The van der Waals surface area contributed by atoms with Gasteiger partial charge in [-0.25, -0.2) is 0 Å². The van der Waals surface area contributed by atoms with Gasteiger partial charge in [0.1, 0.15) is 6.54 Å². The average molecular weight is 315 g/mol. The van der Waals surface area contributed by atoms with Crippen molar-refractivity contribution in [1.82, 2.24) is 10.2 Å². The Labute approximate surface area is 131 Å². The van der Waals surface area contributed by atoms with Crippen LogP contribution >= 0.6 is 12.4 Å². The second kappa shape index (κ2) is 9.37. The monoisotopic (exact) mass is 314 g/mol. The molecule has 0 radical (unpaired) electrons. The van der Waals surface area contributed by atoms with E-state index in [1.807, 2.05) is 25.8 Å². The molecule has 0 aliphatic rings. The number of carboxylic acid groups (broad SMARTS) is 1. The number of aliphatic carboxylic acids is 1. The molecular formula is C15H23ClN2O3. The highest BCUT2D eigenvalue weighted by Gasteiger charge is 2.14. The molecule has 118 valence electrons. The molecule has 1 rings (SSSR count). The maximum absolute atomic E-state index is 11.5. The standard InChI is InChI=1S/C15H22N2O3.ClH/c1-11-4-6-13(7-5-11)8-12(2)17(3)10-14(18)16-9-15(19)20;/h4-7,12H,8-10H2,1-3H3,(H,16,18)(H,19,20);1H. The first-order valence-corrected chi connectivity index (χ1v) is 6.62. The van der Waals surface area contributed by atoms with E-state index < -0.39 is 5.97 Å². The predicted octanol–water partition coefficient (Wildman–Crippen LogP) is 1.48. The lowest BCUT2D eigenvalue weighted by Gasteiger charge is -2.24. The Balaban J connectivity index is 0.00000400. The average Bonchev–Trinajstić information content (AvgIpc) is 2.39. The molecule has 6 heteroatoms. The van der Waals surface area contributed by atoms with E-state index in [2.05, 4.69) is 29.6 Å². The summed E-state index contributed by atoms with van der Waals surface area (Å²) in [5.74, 6) is -1.31. The Kier molecular flexibility index (Phi) is 8.66. The van der Waals surface area contributed by atoms with Crippen LogP contribution in [0, 0.1) is 6.92 Å². The third-order valence-electron chi connectivity index (χ3n) is 3.23. The van der Waals surface area contributed by atoms with Crippen LogP contribution in [0.1, 0.15) is 18.1 Å². The molecule has 21 heavy (non-hydrogen) atoms. The highest BCUT2D eigenvalue weighted by Crippen LogP contribution is 2.09. The number of hydrogen-bond donors (Lipinski definition) is 2. The van der Waals surface area contributed by atoms with Crippen molar-refractivity contribution in [2.75, 3.05) is 20.1 Å². The van der Waals surface area contributed by atoms with Gasteiger partial charge < -0.3 is 10.4 Å². The van der Waals surface area contributed by atoms with Crippen molar-refractivity contribution >= 4 is 24.3 Å². The molecule has 0 heterocycles. The number of rotatable bonds is 7. The lowest BCUT2D eigenvalue weighted by Crippen LogP contribution is -2.41. The van der Waals surface area contributed by atoms with E-state index in [0.717, 1.165) is 6.42 Å². The van der Waals surface area contributed by atoms with Crippen LogP contribution in [0.4, 0.5) is 0 Å². The molecule has 5 nitrogen and oxygen atoms in total. The van der Waals surface area contributed by atoms with Crippen LogP contribution in [0.15, 0.2) is 24.3 Å². The molecule has 1 aromatic carbocycles. The van der Waals surface area contributed by atoms with Crippen LogP contribution in [0.25, 0.3) is 0 Å². The number of likely N-dealkylation sites (N-methyl/N-ethyl adjacent to an activating group) is 1. The highest BCUT2D eigenvalue weighted by atomic mass is 35.5. The number of hydrogen-bond acceptors (Lipinski definition) is 3. The largest absolute Gasteiger partial charge is 0.480 e. The highest BCUT2D eigenvalue weighted by molar-refractivity contribution is 5.85. The second-order valence-electron chi connectivity index (χ2n) is 5.12. The number of amides is 1. The summed E-state index contributed by atoms with van der Waals surface area (Å²) in [5.41, 5.74) is 2.45. The van der Waals surface area contributed by atoms with Crippen LogP contribution in [-0.4, -0.2) is 48.1 Å². The summed E-state index contributed by atoms with van der Waals surface area (Å²) < 4.78 is 0. The van der Waals surface area contributed by atoms with Crippen molar-refractivity contribution in [3.63, 3.8) is 0 Å². The minimum absolute atomic E-state index is 0. The zero-order valence-electron chi connectivity index (χ0n) is 12.6. The number of aryl methyl sites for hydroxylation is 1. The third kappa shape index (κ3) is 7.68. The molecule has 0 saturated heterocycles. The number of nitrogens with zero attached hydrogens (tertiary/aromatic N) is 1. The number of benzene rings is 1. The lowest BCUT2D eigenvalue weighted by atomic mass is 10.0. The maximum Gasteiger partial charge on any atom is 0.322 e. The molecule has 1 amide bonds. The molecule has 1 atom stereocenters. The summed E-state index contributed by atoms with van der Waals surface area (Å²) in [6.45, 7) is 3.95. The van der Waals surface area contributed by atoms with Gasteiger partial charge in [-0.3, -0.25) is 14.5 Å². The first-order valence-electron chi connectivity index (χ1n) is 6.62. The van der Waals surface area contributed by atoms with Crippen LogP contribution in [-0.2, 0) is 16.0 Å². The van der Waals surface area contributed by atoms with Gasteiger partial charge in [-0.15, -0.1) is 12.4 Å². The SMILES string of the molecule is Cc1ccc(CC(C)N(C)CC(=O)NCC(=O)O)cc1.Cl. The molecule has 2 N–H and O–H groups in total. The van der Waals surface area contributed by atoms with Crippen LogP contribution in [0.5, 0.6) is 0 Å². The lowest BCUT2D eigenvalue weighted by molar-refractivity contribution is -0.138. The fraction of sp³-hybridized carbons (Fsp3) is 0.467. The molecule has 0 aromatic heterocycles. The Morgan fingerprint density at radius 2 is 1.86 bits per heavy atom. The molecule has 0 saturated carbocycles. The number of carbonyl (C=O) groups is 2. The number of carbonyl (C=O) groups excluding carboxylic acids is 1. The normalized spacial score (nSPS) is 11.6. The van der Waals surface area contributed by atoms with Crippen molar-refractivity contribution in [3.8, 4) is 0 Å². The van der Waals surface area contributed by atoms with Gasteiger partial charge in [-0.1, -0.05) is 29.8 Å². The molecule has 1 unspecified atom stereocenters. The van der Waals surface area contributed by atoms with Gasteiger partial charge in [0.25, 0.3) is 0 Å². The number of carboxylic acids is 1. The van der Waals surface area contributed by atoms with Gasteiger partial charge in [0.15, 0.2) is 0 Å². The van der Waals surface area contributed by atoms with Crippen molar-refractivity contribution in [2.24, 2.45) is 0 Å². The molecule has 0 aliphatic carbocycles. The molecule has 0 bridgehead atoms. The Bertz CT molecular complexity index is 462. The minimum Gasteiger partial charge on any atom is -0.480 e. The fourth-order valence-electron chi connectivity index (χ4n) is 1.83.